The van der Waals surface area contributed by atoms with Crippen molar-refractivity contribution in [1.29, 1.82) is 0 Å². The number of hydrogen-bond donors (Lipinski definition) is 1. The van der Waals surface area contributed by atoms with Crippen LogP contribution >= 0.6 is 15.9 Å². The first-order valence-corrected chi connectivity index (χ1v) is 9.55. The van der Waals surface area contributed by atoms with E-state index in [9.17, 15) is 9.59 Å². The van der Waals surface area contributed by atoms with E-state index in [2.05, 4.69) is 25.9 Å². The van der Waals surface area contributed by atoms with E-state index in [0.717, 1.165) is 27.0 Å². The number of H-pyrrole nitrogens is 1. The van der Waals surface area contributed by atoms with E-state index >= 15 is 0 Å². The van der Waals surface area contributed by atoms with Crippen LogP contribution in [-0.4, -0.2) is 40.3 Å². The van der Waals surface area contributed by atoms with Crippen LogP contribution in [0.1, 0.15) is 12.2 Å². The Morgan fingerprint density at radius 1 is 1.26 bits per heavy atom. The minimum Gasteiger partial charge on any atom is -0.340 e. The van der Waals surface area contributed by atoms with Gasteiger partial charge in [0, 0.05) is 24.5 Å². The maximum atomic E-state index is 12.9. The van der Waals surface area contributed by atoms with Crippen molar-refractivity contribution in [2.75, 3.05) is 18.5 Å². The summed E-state index contributed by atoms with van der Waals surface area (Å²) in [5.41, 5.74) is 2.63. The fourth-order valence-electron chi connectivity index (χ4n) is 3.47. The highest BCUT2D eigenvalue weighted by molar-refractivity contribution is 9.10. The lowest BCUT2D eigenvalue weighted by molar-refractivity contribution is -0.135. The van der Waals surface area contributed by atoms with Crippen molar-refractivity contribution in [3.63, 3.8) is 0 Å². The summed E-state index contributed by atoms with van der Waals surface area (Å²) in [6.07, 6.45) is 0.227. The molecule has 0 unspecified atom stereocenters. The summed E-state index contributed by atoms with van der Waals surface area (Å²) < 4.78 is 0.849. The molecule has 0 bridgehead atoms. The van der Waals surface area contributed by atoms with Crippen LogP contribution in [0.15, 0.2) is 53.0 Å². The number of aromatic amines is 1. The van der Waals surface area contributed by atoms with E-state index < -0.39 is 0 Å². The minimum absolute atomic E-state index is 0.0302. The molecular formula is C20H19BrN4O2. The van der Waals surface area contributed by atoms with Crippen molar-refractivity contribution in [2.45, 2.75) is 13.0 Å². The molecule has 0 saturated carbocycles. The van der Waals surface area contributed by atoms with Gasteiger partial charge in [-0.05, 0) is 40.2 Å². The molecule has 1 aromatic heterocycles. The highest BCUT2D eigenvalue weighted by atomic mass is 79.9. The van der Waals surface area contributed by atoms with Crippen LogP contribution in [0.2, 0.25) is 0 Å². The van der Waals surface area contributed by atoms with Crippen LogP contribution in [0.5, 0.6) is 0 Å². The Labute approximate surface area is 165 Å². The first-order chi connectivity index (χ1) is 13.0. The number of rotatable bonds is 4. The lowest BCUT2D eigenvalue weighted by Gasteiger charge is -2.21. The first-order valence-electron chi connectivity index (χ1n) is 8.76. The highest BCUT2D eigenvalue weighted by Crippen LogP contribution is 2.31. The molecule has 138 valence electrons. The Morgan fingerprint density at radius 3 is 2.78 bits per heavy atom. The van der Waals surface area contributed by atoms with Gasteiger partial charge in [0.15, 0.2) is 0 Å². The summed E-state index contributed by atoms with van der Waals surface area (Å²) in [4.78, 5) is 36.4. The number of para-hydroxylation sites is 3. The predicted octanol–water partition coefficient (Wildman–Crippen LogP) is 3.34. The number of imidazole rings is 1. The number of carbonyl (C=O) groups is 2. The molecule has 0 aliphatic carbocycles. The Morgan fingerprint density at radius 2 is 2.00 bits per heavy atom. The fraction of sp³-hybridized carbons (Fsp3) is 0.250. The van der Waals surface area contributed by atoms with E-state index in [4.69, 9.17) is 0 Å². The second kappa shape index (κ2) is 7.15. The van der Waals surface area contributed by atoms with Crippen molar-refractivity contribution in [1.82, 2.24) is 14.9 Å². The van der Waals surface area contributed by atoms with Crippen LogP contribution in [0, 0.1) is 5.92 Å². The minimum atomic E-state index is -0.348. The number of amides is 2. The zero-order valence-electron chi connectivity index (χ0n) is 14.9. The lowest BCUT2D eigenvalue weighted by atomic mass is 10.1. The zero-order chi connectivity index (χ0) is 19.0. The van der Waals surface area contributed by atoms with Crippen molar-refractivity contribution in [2.24, 2.45) is 5.92 Å². The third-order valence-corrected chi connectivity index (χ3v) is 5.49. The average molecular weight is 427 g/mol. The lowest BCUT2D eigenvalue weighted by Crippen LogP contribution is -2.34. The molecule has 1 aliphatic heterocycles. The van der Waals surface area contributed by atoms with Crippen LogP contribution in [-0.2, 0) is 16.1 Å². The van der Waals surface area contributed by atoms with Gasteiger partial charge < -0.3 is 14.8 Å². The van der Waals surface area contributed by atoms with E-state index in [1.54, 1.807) is 16.8 Å². The van der Waals surface area contributed by atoms with Gasteiger partial charge in [-0.25, -0.2) is 4.98 Å². The molecule has 6 nitrogen and oxygen atoms in total. The van der Waals surface area contributed by atoms with Gasteiger partial charge in [0.25, 0.3) is 0 Å². The number of halogens is 1. The maximum absolute atomic E-state index is 12.9. The molecule has 27 heavy (non-hydrogen) atoms. The zero-order valence-corrected chi connectivity index (χ0v) is 16.4. The summed E-state index contributed by atoms with van der Waals surface area (Å²) in [5, 5.41) is 0. The van der Waals surface area contributed by atoms with Gasteiger partial charge in [-0.2, -0.15) is 0 Å². The number of hydrogen-bond acceptors (Lipinski definition) is 3. The van der Waals surface area contributed by atoms with Gasteiger partial charge in [-0.1, -0.05) is 24.3 Å². The van der Waals surface area contributed by atoms with Crippen LogP contribution in [0.3, 0.4) is 0 Å². The number of aromatic nitrogens is 2. The number of fused-ring (bicyclic) bond motifs is 1. The van der Waals surface area contributed by atoms with Crippen LogP contribution < -0.4 is 4.90 Å². The second-order valence-electron chi connectivity index (χ2n) is 6.75. The molecule has 2 heterocycles. The average Bonchev–Trinajstić information content (AvgIpc) is 3.24. The molecule has 0 spiro atoms. The topological polar surface area (TPSA) is 69.3 Å². The smallest absolute Gasteiger partial charge is 0.228 e. The fourth-order valence-corrected chi connectivity index (χ4v) is 3.97. The molecule has 1 fully saturated rings. The standard InChI is InChI=1S/C20H19BrN4O2/c1-24(12-18-22-15-7-3-4-8-16(15)23-18)20(27)13-10-19(26)25(11-13)17-9-5-2-6-14(17)21/h2-9,13H,10-12H2,1H3,(H,22,23)/t13-/m1/s1. The van der Waals surface area contributed by atoms with E-state index in [-0.39, 0.29) is 24.2 Å². The number of nitrogens with zero attached hydrogens (tertiary/aromatic N) is 3. The molecule has 0 radical (unpaired) electrons. The summed E-state index contributed by atoms with van der Waals surface area (Å²) in [7, 11) is 1.75. The third-order valence-electron chi connectivity index (χ3n) is 4.82. The first kappa shape index (κ1) is 17.7. The van der Waals surface area contributed by atoms with Gasteiger partial charge in [0.05, 0.1) is 29.2 Å². The summed E-state index contributed by atoms with van der Waals surface area (Å²) >= 11 is 3.48. The molecule has 2 amide bonds. The highest BCUT2D eigenvalue weighted by Gasteiger charge is 2.37. The monoisotopic (exact) mass is 426 g/mol. The van der Waals surface area contributed by atoms with Gasteiger partial charge >= 0.3 is 0 Å². The summed E-state index contributed by atoms with van der Waals surface area (Å²) in [5.74, 6) is 0.314. The molecule has 1 N–H and O–H groups in total. The van der Waals surface area contributed by atoms with Crippen molar-refractivity contribution in [3.8, 4) is 0 Å². The molecular weight excluding hydrogens is 408 g/mol. The molecule has 2 aromatic carbocycles. The Hall–Kier alpha value is -2.67. The number of benzene rings is 2. The van der Waals surface area contributed by atoms with E-state index in [0.29, 0.717) is 13.1 Å². The third kappa shape index (κ3) is 3.47. The SMILES string of the molecule is CN(Cc1nc2ccccc2[nH]1)C(=O)[C@@H]1CC(=O)N(c2ccccc2Br)C1. The molecule has 1 aliphatic rings. The van der Waals surface area contributed by atoms with Gasteiger partial charge in [0.2, 0.25) is 11.8 Å². The molecule has 4 rings (SSSR count). The Kier molecular flexibility index (Phi) is 4.70. The van der Waals surface area contributed by atoms with Crippen LogP contribution in [0.4, 0.5) is 5.69 Å². The summed E-state index contributed by atoms with van der Waals surface area (Å²) in [6, 6.07) is 15.3. The Balaban J connectivity index is 1.46. The van der Waals surface area contributed by atoms with Gasteiger partial charge in [-0.15, -0.1) is 0 Å². The quantitative estimate of drug-likeness (QED) is 0.695. The molecule has 1 saturated heterocycles. The van der Waals surface area contributed by atoms with Crippen molar-refractivity contribution in [3.05, 3.63) is 58.8 Å². The van der Waals surface area contributed by atoms with Gasteiger partial charge in [-0.3, -0.25) is 9.59 Å². The van der Waals surface area contributed by atoms with Crippen LogP contribution in [0.25, 0.3) is 11.0 Å². The second-order valence-corrected chi connectivity index (χ2v) is 7.61. The van der Waals surface area contributed by atoms with Crippen molar-refractivity contribution >= 4 is 44.5 Å². The molecule has 7 heteroatoms. The number of carbonyl (C=O) groups excluding carboxylic acids is 2. The summed E-state index contributed by atoms with van der Waals surface area (Å²) in [6.45, 7) is 0.776. The van der Waals surface area contributed by atoms with Gasteiger partial charge in [0.1, 0.15) is 5.82 Å². The molecule has 3 aromatic rings. The number of nitrogens with one attached hydrogen (secondary N) is 1. The Bertz CT molecular complexity index is 983. The van der Waals surface area contributed by atoms with E-state index in [1.807, 2.05) is 48.5 Å². The maximum Gasteiger partial charge on any atom is 0.228 e. The number of anilines is 1. The van der Waals surface area contributed by atoms with E-state index in [1.165, 1.54) is 0 Å². The predicted molar refractivity (Wildman–Crippen MR) is 107 cm³/mol. The normalized spacial score (nSPS) is 16.9. The molecule has 1 atom stereocenters. The largest absolute Gasteiger partial charge is 0.340 e. The van der Waals surface area contributed by atoms with Crippen molar-refractivity contribution < 1.29 is 9.59 Å².